The highest BCUT2D eigenvalue weighted by Crippen LogP contribution is 2.24. The minimum Gasteiger partial charge on any atom is -0.497 e. The maximum atomic E-state index is 12.2. The van der Waals surface area contributed by atoms with Gasteiger partial charge in [0.05, 0.1) is 19.8 Å². The van der Waals surface area contributed by atoms with Gasteiger partial charge in [0, 0.05) is 6.42 Å². The number of carbonyl (C=O) groups excluding carboxylic acids is 1. The predicted octanol–water partition coefficient (Wildman–Crippen LogP) is 4.50. The SMILES string of the molecule is CCCC[Si](C)(C)O[C@H]1C[C@H](OCc2ccc(OC)cc2)C=CC1=O. The zero-order valence-electron chi connectivity index (χ0n) is 15.8. The summed E-state index contributed by atoms with van der Waals surface area (Å²) in [6.07, 6.45) is 5.96. The van der Waals surface area contributed by atoms with Crippen molar-refractivity contribution in [3.05, 3.63) is 42.0 Å². The van der Waals surface area contributed by atoms with Gasteiger partial charge in [0.15, 0.2) is 14.1 Å². The first-order chi connectivity index (χ1) is 11.9. The first-order valence-corrected chi connectivity index (χ1v) is 12.2. The van der Waals surface area contributed by atoms with Crippen LogP contribution in [0.4, 0.5) is 0 Å². The monoisotopic (exact) mass is 362 g/mol. The van der Waals surface area contributed by atoms with Crippen LogP contribution < -0.4 is 4.74 Å². The Kier molecular flexibility index (Phi) is 7.41. The summed E-state index contributed by atoms with van der Waals surface area (Å²) in [6.45, 7) is 7.08. The third-order valence-corrected chi connectivity index (χ3v) is 6.94. The molecule has 0 radical (unpaired) electrons. The van der Waals surface area contributed by atoms with Gasteiger partial charge in [-0.25, -0.2) is 0 Å². The molecule has 138 valence electrons. The number of carbonyl (C=O) groups is 1. The summed E-state index contributed by atoms with van der Waals surface area (Å²) in [5.74, 6) is 0.904. The van der Waals surface area contributed by atoms with Crippen molar-refractivity contribution in [2.24, 2.45) is 0 Å². The third-order valence-electron chi connectivity index (χ3n) is 4.46. The van der Waals surface area contributed by atoms with Gasteiger partial charge in [-0.3, -0.25) is 4.79 Å². The highest BCUT2D eigenvalue weighted by Gasteiger charge is 2.32. The van der Waals surface area contributed by atoms with Crippen LogP contribution in [0, 0.1) is 0 Å². The van der Waals surface area contributed by atoms with Gasteiger partial charge in [-0.15, -0.1) is 0 Å². The predicted molar refractivity (Wildman–Crippen MR) is 102 cm³/mol. The number of rotatable bonds is 9. The Bertz CT molecular complexity index is 580. The topological polar surface area (TPSA) is 44.8 Å². The molecule has 0 spiro atoms. The molecule has 0 fully saturated rings. The summed E-state index contributed by atoms with van der Waals surface area (Å²) in [5.41, 5.74) is 1.08. The number of benzene rings is 1. The molecule has 1 aliphatic rings. The molecular weight excluding hydrogens is 332 g/mol. The maximum Gasteiger partial charge on any atom is 0.187 e. The lowest BCUT2D eigenvalue weighted by Crippen LogP contribution is -2.42. The van der Waals surface area contributed by atoms with E-state index in [-0.39, 0.29) is 18.0 Å². The van der Waals surface area contributed by atoms with Crippen molar-refractivity contribution in [2.45, 2.75) is 64.1 Å². The van der Waals surface area contributed by atoms with Crippen LogP contribution in [0.15, 0.2) is 36.4 Å². The fourth-order valence-electron chi connectivity index (χ4n) is 2.92. The lowest BCUT2D eigenvalue weighted by Gasteiger charge is -2.31. The van der Waals surface area contributed by atoms with E-state index >= 15 is 0 Å². The van der Waals surface area contributed by atoms with E-state index in [2.05, 4.69) is 20.0 Å². The Morgan fingerprint density at radius 3 is 2.56 bits per heavy atom. The van der Waals surface area contributed by atoms with Gasteiger partial charge >= 0.3 is 0 Å². The van der Waals surface area contributed by atoms with Crippen molar-refractivity contribution < 1.29 is 18.7 Å². The Morgan fingerprint density at radius 2 is 1.92 bits per heavy atom. The zero-order valence-corrected chi connectivity index (χ0v) is 16.8. The molecule has 0 N–H and O–H groups in total. The highest BCUT2D eigenvalue weighted by atomic mass is 28.4. The van der Waals surface area contributed by atoms with E-state index in [0.29, 0.717) is 13.0 Å². The molecule has 1 aromatic carbocycles. The lowest BCUT2D eigenvalue weighted by molar-refractivity contribution is -0.124. The second kappa shape index (κ2) is 9.32. The van der Waals surface area contributed by atoms with Crippen LogP contribution in [0.1, 0.15) is 31.7 Å². The Hall–Kier alpha value is -1.43. The van der Waals surface area contributed by atoms with Crippen molar-refractivity contribution in [2.75, 3.05) is 7.11 Å². The van der Waals surface area contributed by atoms with Crippen molar-refractivity contribution in [3.63, 3.8) is 0 Å². The summed E-state index contributed by atoms with van der Waals surface area (Å²) >= 11 is 0. The third kappa shape index (κ3) is 6.42. The molecule has 0 amide bonds. The summed E-state index contributed by atoms with van der Waals surface area (Å²) in [4.78, 5) is 12.2. The van der Waals surface area contributed by atoms with Crippen LogP contribution in [0.2, 0.25) is 19.1 Å². The minimum absolute atomic E-state index is 0.0707. The quantitative estimate of drug-likeness (QED) is 0.607. The van der Waals surface area contributed by atoms with Crippen molar-refractivity contribution in [1.29, 1.82) is 0 Å². The summed E-state index contributed by atoms with van der Waals surface area (Å²) in [6, 6.07) is 8.92. The lowest BCUT2D eigenvalue weighted by atomic mass is 10.0. The molecule has 1 aromatic rings. The van der Waals surface area contributed by atoms with E-state index < -0.39 is 8.32 Å². The van der Waals surface area contributed by atoms with E-state index in [0.717, 1.165) is 30.2 Å². The van der Waals surface area contributed by atoms with Gasteiger partial charge in [-0.05, 0) is 42.9 Å². The van der Waals surface area contributed by atoms with Crippen LogP contribution in [0.3, 0.4) is 0 Å². The molecule has 25 heavy (non-hydrogen) atoms. The summed E-state index contributed by atoms with van der Waals surface area (Å²) in [5, 5.41) is 0. The summed E-state index contributed by atoms with van der Waals surface area (Å²) in [7, 11) is -0.151. The average molecular weight is 363 g/mol. The number of methoxy groups -OCH3 is 1. The smallest absolute Gasteiger partial charge is 0.187 e. The number of hydrogen-bond acceptors (Lipinski definition) is 4. The zero-order chi connectivity index (χ0) is 18.3. The highest BCUT2D eigenvalue weighted by molar-refractivity contribution is 6.71. The molecule has 0 heterocycles. The van der Waals surface area contributed by atoms with E-state index in [1.807, 2.05) is 30.3 Å². The fourth-order valence-corrected chi connectivity index (χ4v) is 5.22. The van der Waals surface area contributed by atoms with Crippen LogP contribution >= 0.6 is 0 Å². The van der Waals surface area contributed by atoms with Crippen LogP contribution in [-0.4, -0.2) is 33.4 Å². The van der Waals surface area contributed by atoms with Gasteiger partial charge in [-0.2, -0.15) is 0 Å². The standard InChI is InChI=1S/C20H30O4Si/c1-5-6-13-25(3,4)24-20-14-18(11-12-19(20)21)23-15-16-7-9-17(22-2)10-8-16/h7-12,18,20H,5-6,13-15H2,1-4H3/t18-,20+/m1/s1. The molecule has 0 bridgehead atoms. The minimum atomic E-state index is -1.80. The Morgan fingerprint density at radius 1 is 1.20 bits per heavy atom. The van der Waals surface area contributed by atoms with Crippen LogP contribution in [-0.2, 0) is 20.6 Å². The maximum absolute atomic E-state index is 12.2. The van der Waals surface area contributed by atoms with E-state index in [1.165, 1.54) is 0 Å². The first kappa shape index (κ1) is 19.9. The summed E-state index contributed by atoms with van der Waals surface area (Å²) < 4.78 is 17.4. The van der Waals surface area contributed by atoms with Crippen molar-refractivity contribution in [1.82, 2.24) is 0 Å². The van der Waals surface area contributed by atoms with Crippen molar-refractivity contribution >= 4 is 14.1 Å². The van der Waals surface area contributed by atoms with E-state index in [1.54, 1.807) is 13.2 Å². The van der Waals surface area contributed by atoms with Crippen LogP contribution in [0.5, 0.6) is 5.75 Å². The largest absolute Gasteiger partial charge is 0.497 e. The Labute approximate surface area is 152 Å². The fraction of sp³-hybridized carbons (Fsp3) is 0.550. The number of ether oxygens (including phenoxy) is 2. The molecule has 2 atom stereocenters. The number of unbranched alkanes of at least 4 members (excludes halogenated alkanes) is 1. The molecule has 2 rings (SSSR count). The number of ketones is 1. The molecule has 5 heteroatoms. The van der Waals surface area contributed by atoms with Crippen molar-refractivity contribution in [3.8, 4) is 5.75 Å². The molecule has 0 aromatic heterocycles. The van der Waals surface area contributed by atoms with Gasteiger partial charge in [0.1, 0.15) is 11.9 Å². The molecule has 0 aliphatic heterocycles. The molecule has 0 saturated heterocycles. The van der Waals surface area contributed by atoms with Gasteiger partial charge < -0.3 is 13.9 Å². The van der Waals surface area contributed by atoms with E-state index in [9.17, 15) is 4.79 Å². The molecule has 1 aliphatic carbocycles. The Balaban J connectivity index is 1.88. The van der Waals surface area contributed by atoms with Crippen LogP contribution in [0.25, 0.3) is 0 Å². The molecule has 0 unspecified atom stereocenters. The molecule has 0 saturated carbocycles. The molecular formula is C20H30O4Si. The first-order valence-electron chi connectivity index (χ1n) is 9.08. The second-order valence-electron chi connectivity index (χ2n) is 7.16. The van der Waals surface area contributed by atoms with Gasteiger partial charge in [0.25, 0.3) is 0 Å². The van der Waals surface area contributed by atoms with E-state index in [4.69, 9.17) is 13.9 Å². The second-order valence-corrected chi connectivity index (χ2v) is 11.4. The molecule has 4 nitrogen and oxygen atoms in total. The average Bonchev–Trinajstić information content (AvgIpc) is 2.61. The normalized spacial score (nSPS) is 20.7. The number of hydrogen-bond donors (Lipinski definition) is 0. The van der Waals surface area contributed by atoms with Gasteiger partial charge in [-0.1, -0.05) is 38.0 Å². The van der Waals surface area contributed by atoms with Gasteiger partial charge in [0.2, 0.25) is 0 Å².